The first kappa shape index (κ1) is 13.8. The van der Waals surface area contributed by atoms with E-state index in [9.17, 15) is 4.79 Å². The van der Waals surface area contributed by atoms with E-state index in [4.69, 9.17) is 10.9 Å². The highest BCUT2D eigenvalue weighted by atomic mass is 16.4. The lowest BCUT2D eigenvalue weighted by Crippen LogP contribution is -2.52. The summed E-state index contributed by atoms with van der Waals surface area (Å²) in [7, 11) is 0. The van der Waals surface area contributed by atoms with Crippen molar-refractivity contribution >= 4 is 11.7 Å². The van der Waals surface area contributed by atoms with Crippen molar-refractivity contribution in [2.45, 2.75) is 40.5 Å². The molecule has 0 aromatic heterocycles. The highest BCUT2D eigenvalue weighted by Gasteiger charge is 2.39. The van der Waals surface area contributed by atoms with E-state index in [1.54, 1.807) is 13.8 Å². The number of likely N-dealkylation sites (tertiary alicyclic amines) is 1. The fourth-order valence-corrected chi connectivity index (χ4v) is 2.23. The Hall–Kier alpha value is -1.26. The van der Waals surface area contributed by atoms with Crippen molar-refractivity contribution in [2.24, 2.45) is 21.7 Å². The van der Waals surface area contributed by atoms with Gasteiger partial charge in [-0.3, -0.25) is 4.79 Å². The van der Waals surface area contributed by atoms with E-state index in [0.29, 0.717) is 0 Å². The van der Waals surface area contributed by atoms with Gasteiger partial charge in [0, 0.05) is 13.1 Å². The van der Waals surface area contributed by atoms with Gasteiger partial charge in [0.05, 0.1) is 0 Å². The monoisotopic (exact) mass is 241 g/mol. The first-order valence-electron chi connectivity index (χ1n) is 5.98. The molecule has 1 rings (SSSR count). The number of rotatable bonds is 2. The molecular formula is C12H23N3O2. The number of oxime groups is 1. The predicted octanol–water partition coefficient (Wildman–Crippen LogP) is 1.41. The molecule has 1 heterocycles. The Morgan fingerprint density at radius 1 is 1.47 bits per heavy atom. The molecule has 1 aliphatic rings. The van der Waals surface area contributed by atoms with Crippen molar-refractivity contribution in [1.29, 1.82) is 0 Å². The molecule has 17 heavy (non-hydrogen) atoms. The third-order valence-corrected chi connectivity index (χ3v) is 3.47. The van der Waals surface area contributed by atoms with Gasteiger partial charge in [-0.05, 0) is 32.1 Å². The highest BCUT2D eigenvalue weighted by molar-refractivity contribution is 6.05. The van der Waals surface area contributed by atoms with Crippen LogP contribution in [-0.4, -0.2) is 34.9 Å². The van der Waals surface area contributed by atoms with Gasteiger partial charge in [-0.25, -0.2) is 0 Å². The third-order valence-electron chi connectivity index (χ3n) is 3.47. The molecule has 0 spiro atoms. The van der Waals surface area contributed by atoms with Gasteiger partial charge in [-0.2, -0.15) is 0 Å². The molecule has 5 nitrogen and oxygen atoms in total. The van der Waals surface area contributed by atoms with Gasteiger partial charge in [-0.15, -0.1) is 0 Å². The first-order chi connectivity index (χ1) is 7.70. The van der Waals surface area contributed by atoms with Crippen molar-refractivity contribution in [3.63, 3.8) is 0 Å². The number of hydrogen-bond acceptors (Lipinski definition) is 3. The summed E-state index contributed by atoms with van der Waals surface area (Å²) in [6, 6.07) is 0. The van der Waals surface area contributed by atoms with Gasteiger partial charge in [0.15, 0.2) is 5.84 Å². The van der Waals surface area contributed by atoms with Crippen LogP contribution in [0.2, 0.25) is 0 Å². The summed E-state index contributed by atoms with van der Waals surface area (Å²) in [6.07, 6.45) is 2.13. The Labute approximate surface area is 103 Å². The molecule has 0 radical (unpaired) electrons. The molecule has 0 bridgehead atoms. The normalized spacial score (nSPS) is 21.4. The smallest absolute Gasteiger partial charge is 0.235 e. The Morgan fingerprint density at radius 3 is 2.53 bits per heavy atom. The lowest BCUT2D eigenvalue weighted by molar-refractivity contribution is -0.140. The molecule has 0 aromatic rings. The molecule has 0 unspecified atom stereocenters. The molecule has 98 valence electrons. The second kappa shape index (κ2) is 4.55. The molecule has 1 amide bonds. The van der Waals surface area contributed by atoms with Crippen LogP contribution in [0.4, 0.5) is 0 Å². The minimum atomic E-state index is -0.942. The summed E-state index contributed by atoms with van der Waals surface area (Å²) >= 11 is 0. The van der Waals surface area contributed by atoms with Crippen molar-refractivity contribution in [2.75, 3.05) is 13.1 Å². The standard InChI is InChI=1S/C12H23N3O2/c1-11(2)6-5-7-15(8-11)10(16)12(3,4)9(13)14-17/h17H,5-8H2,1-4H3,(H2,13,14). The van der Waals surface area contributed by atoms with E-state index >= 15 is 0 Å². The van der Waals surface area contributed by atoms with Crippen molar-refractivity contribution in [3.05, 3.63) is 0 Å². The summed E-state index contributed by atoms with van der Waals surface area (Å²) in [6.45, 7) is 9.17. The van der Waals surface area contributed by atoms with Crippen LogP contribution < -0.4 is 5.73 Å². The predicted molar refractivity (Wildman–Crippen MR) is 66.8 cm³/mol. The average molecular weight is 241 g/mol. The van der Waals surface area contributed by atoms with Crippen molar-refractivity contribution < 1.29 is 10.0 Å². The van der Waals surface area contributed by atoms with E-state index < -0.39 is 5.41 Å². The van der Waals surface area contributed by atoms with Crippen molar-refractivity contribution in [3.8, 4) is 0 Å². The number of hydrogen-bond donors (Lipinski definition) is 2. The Bertz CT molecular complexity index is 335. The van der Waals surface area contributed by atoms with Gasteiger partial charge in [-0.1, -0.05) is 19.0 Å². The minimum Gasteiger partial charge on any atom is -0.409 e. The fraction of sp³-hybridized carbons (Fsp3) is 0.833. The quantitative estimate of drug-likeness (QED) is 0.332. The van der Waals surface area contributed by atoms with E-state index in [0.717, 1.165) is 25.9 Å². The second-order valence-corrected chi connectivity index (χ2v) is 6.10. The fourth-order valence-electron chi connectivity index (χ4n) is 2.23. The SMILES string of the molecule is CC1(C)CCCN(C(=O)C(C)(C)C(N)=NO)C1. The molecule has 0 aliphatic carbocycles. The van der Waals surface area contributed by atoms with Crippen LogP contribution in [0.1, 0.15) is 40.5 Å². The molecule has 5 heteroatoms. The van der Waals surface area contributed by atoms with E-state index in [2.05, 4.69) is 19.0 Å². The summed E-state index contributed by atoms with van der Waals surface area (Å²) < 4.78 is 0. The molecule has 1 fully saturated rings. The molecule has 0 aromatic carbocycles. The Morgan fingerprint density at radius 2 is 2.06 bits per heavy atom. The maximum absolute atomic E-state index is 12.4. The zero-order chi connectivity index (χ0) is 13.3. The van der Waals surface area contributed by atoms with Gasteiger partial charge >= 0.3 is 0 Å². The maximum Gasteiger partial charge on any atom is 0.235 e. The summed E-state index contributed by atoms with van der Waals surface area (Å²) in [5.74, 6) is -0.105. The van der Waals surface area contributed by atoms with Crippen LogP contribution in [-0.2, 0) is 4.79 Å². The minimum absolute atomic E-state index is 0.0362. The molecule has 1 aliphatic heterocycles. The van der Waals surface area contributed by atoms with Crippen LogP contribution in [0.25, 0.3) is 0 Å². The van der Waals surface area contributed by atoms with Crippen LogP contribution in [0.3, 0.4) is 0 Å². The molecule has 0 saturated carbocycles. The number of amides is 1. The number of nitrogens with zero attached hydrogens (tertiary/aromatic N) is 2. The maximum atomic E-state index is 12.4. The lowest BCUT2D eigenvalue weighted by Gasteiger charge is -2.41. The van der Waals surface area contributed by atoms with E-state index in [1.807, 2.05) is 4.90 Å². The Balaban J connectivity index is 2.83. The first-order valence-corrected chi connectivity index (χ1v) is 5.98. The molecule has 0 atom stereocenters. The zero-order valence-corrected chi connectivity index (χ0v) is 11.2. The topological polar surface area (TPSA) is 78.9 Å². The second-order valence-electron chi connectivity index (χ2n) is 6.10. The summed E-state index contributed by atoms with van der Waals surface area (Å²) in [5, 5.41) is 11.7. The number of nitrogens with two attached hydrogens (primary N) is 1. The molecular weight excluding hydrogens is 218 g/mol. The van der Waals surface area contributed by atoms with Crippen LogP contribution in [0.15, 0.2) is 5.16 Å². The lowest BCUT2D eigenvalue weighted by atomic mass is 9.82. The average Bonchev–Trinajstić information content (AvgIpc) is 2.25. The number of piperidine rings is 1. The van der Waals surface area contributed by atoms with Crippen LogP contribution in [0.5, 0.6) is 0 Å². The summed E-state index contributed by atoms with van der Waals surface area (Å²) in [5.41, 5.74) is 4.78. The van der Waals surface area contributed by atoms with Gasteiger partial charge in [0.1, 0.15) is 5.41 Å². The third kappa shape index (κ3) is 2.90. The number of carbonyl (C=O) groups is 1. The number of carbonyl (C=O) groups excluding carboxylic acids is 1. The summed E-state index contributed by atoms with van der Waals surface area (Å²) in [4.78, 5) is 14.2. The number of amidine groups is 1. The highest BCUT2D eigenvalue weighted by Crippen LogP contribution is 2.31. The largest absolute Gasteiger partial charge is 0.409 e. The van der Waals surface area contributed by atoms with Crippen molar-refractivity contribution in [1.82, 2.24) is 4.90 Å². The van der Waals surface area contributed by atoms with Gasteiger partial charge < -0.3 is 15.8 Å². The van der Waals surface area contributed by atoms with Gasteiger partial charge in [0.2, 0.25) is 5.91 Å². The zero-order valence-electron chi connectivity index (χ0n) is 11.2. The van der Waals surface area contributed by atoms with Gasteiger partial charge in [0.25, 0.3) is 0 Å². The molecule has 3 N–H and O–H groups in total. The van der Waals surface area contributed by atoms with Crippen LogP contribution in [0, 0.1) is 10.8 Å². The Kier molecular flexibility index (Phi) is 3.69. The van der Waals surface area contributed by atoms with E-state index in [1.165, 1.54) is 0 Å². The molecule has 1 saturated heterocycles. The van der Waals surface area contributed by atoms with E-state index in [-0.39, 0.29) is 17.2 Å². The van der Waals surface area contributed by atoms with Crippen LogP contribution >= 0.6 is 0 Å².